The Bertz CT molecular complexity index is 983. The first-order chi connectivity index (χ1) is 13.2. The zero-order valence-corrected chi connectivity index (χ0v) is 17.4. The predicted molar refractivity (Wildman–Crippen MR) is 103 cm³/mol. The number of alkyl halides is 2. The van der Waals surface area contributed by atoms with Crippen LogP contribution in [-0.4, -0.2) is 50.9 Å². The molecular formula is C18H23F3N4O3S. The van der Waals surface area contributed by atoms with E-state index in [0.29, 0.717) is 0 Å². The quantitative estimate of drug-likeness (QED) is 0.739. The molecule has 2 aliphatic rings. The van der Waals surface area contributed by atoms with Gasteiger partial charge in [-0.1, -0.05) is 18.2 Å². The van der Waals surface area contributed by atoms with Gasteiger partial charge >= 0.3 is 6.09 Å². The molecule has 0 fully saturated rings. The number of amides is 1. The number of halogens is 3. The lowest BCUT2D eigenvalue weighted by Gasteiger charge is -2.43. The largest absolute Gasteiger partial charge is 0.444 e. The lowest BCUT2D eigenvalue weighted by Crippen LogP contribution is -2.60. The molecule has 3 rings (SSSR count). The Kier molecular flexibility index (Phi) is 5.09. The van der Waals surface area contributed by atoms with Crippen molar-refractivity contribution in [1.29, 1.82) is 0 Å². The second-order valence-corrected chi connectivity index (χ2v) is 10.4. The van der Waals surface area contributed by atoms with E-state index in [0.717, 1.165) is 4.31 Å². The summed E-state index contributed by atoms with van der Waals surface area (Å²) in [6.07, 6.45) is -0.954. The summed E-state index contributed by atoms with van der Waals surface area (Å²) in [5.74, 6) is -4.52. The Morgan fingerprint density at radius 3 is 2.59 bits per heavy atom. The van der Waals surface area contributed by atoms with Crippen LogP contribution in [0.4, 0.5) is 18.0 Å². The standard InChI is InChI=1S/C18H23F3N4O3S/c1-16(2,3)28-15(26)23-14-24-17(4,12-7-5-6-8-13(12)19)11-29(27)22-9-18(20,21)10-25(14)29/h5-8H,9-11H2,1-4H3,(H,23,24,26)/t17-,29?/m0/s1. The van der Waals surface area contributed by atoms with Crippen molar-refractivity contribution in [1.82, 2.24) is 9.62 Å². The van der Waals surface area contributed by atoms with E-state index in [1.807, 2.05) is 0 Å². The summed E-state index contributed by atoms with van der Waals surface area (Å²) >= 11 is 0. The second-order valence-electron chi connectivity index (χ2n) is 8.25. The number of rotatable bonds is 1. The highest BCUT2D eigenvalue weighted by Crippen LogP contribution is 2.37. The van der Waals surface area contributed by atoms with Gasteiger partial charge in [0.25, 0.3) is 5.92 Å². The average Bonchev–Trinajstić information content (AvgIpc) is 2.54. The summed E-state index contributed by atoms with van der Waals surface area (Å²) in [4.78, 5) is 16.6. The van der Waals surface area contributed by atoms with E-state index in [4.69, 9.17) is 4.74 Å². The average molecular weight is 432 g/mol. The van der Waals surface area contributed by atoms with Gasteiger partial charge in [0.15, 0.2) is 0 Å². The number of hydrogen-bond acceptors (Lipinski definition) is 5. The van der Waals surface area contributed by atoms with Crippen LogP contribution in [0.15, 0.2) is 33.6 Å². The molecule has 1 amide bonds. The van der Waals surface area contributed by atoms with Gasteiger partial charge in [-0.2, -0.15) is 0 Å². The molecule has 2 aliphatic heterocycles. The van der Waals surface area contributed by atoms with E-state index in [1.54, 1.807) is 26.8 Å². The molecule has 0 spiro atoms. The van der Waals surface area contributed by atoms with Crippen LogP contribution < -0.4 is 5.32 Å². The van der Waals surface area contributed by atoms with E-state index in [9.17, 15) is 22.2 Å². The summed E-state index contributed by atoms with van der Waals surface area (Å²) in [7, 11) is -3.40. The van der Waals surface area contributed by atoms with Crippen LogP contribution in [0.3, 0.4) is 0 Å². The fourth-order valence-electron chi connectivity index (χ4n) is 3.17. The number of carbonyl (C=O) groups excluding carboxylic acids is 1. The monoisotopic (exact) mass is 432 g/mol. The Balaban J connectivity index is 2.09. The molecule has 1 aromatic carbocycles. The Labute approximate surface area is 167 Å². The van der Waals surface area contributed by atoms with Crippen LogP contribution in [0.1, 0.15) is 33.3 Å². The van der Waals surface area contributed by atoms with Gasteiger partial charge < -0.3 is 4.74 Å². The topological polar surface area (TPSA) is 83.4 Å². The third-order valence-electron chi connectivity index (χ3n) is 4.34. The molecule has 2 heterocycles. The minimum Gasteiger partial charge on any atom is -0.444 e. The maximum absolute atomic E-state index is 14.5. The van der Waals surface area contributed by atoms with E-state index in [1.165, 1.54) is 25.1 Å². The van der Waals surface area contributed by atoms with Crippen LogP contribution in [0, 0.1) is 5.82 Å². The van der Waals surface area contributed by atoms with Crippen molar-refractivity contribution in [2.45, 2.75) is 44.8 Å². The zero-order valence-electron chi connectivity index (χ0n) is 16.5. The molecule has 160 valence electrons. The highest BCUT2D eigenvalue weighted by molar-refractivity contribution is 7.92. The van der Waals surface area contributed by atoms with Gasteiger partial charge in [-0.25, -0.2) is 35.8 Å². The second kappa shape index (κ2) is 6.89. The van der Waals surface area contributed by atoms with Gasteiger partial charge in [-0.3, -0.25) is 5.32 Å². The number of hydrogen-bond donors (Lipinski definition) is 1. The smallest absolute Gasteiger partial charge is 0.414 e. The first kappa shape index (κ1) is 21.4. The summed E-state index contributed by atoms with van der Waals surface area (Å²) < 4.78 is 65.6. The molecule has 29 heavy (non-hydrogen) atoms. The molecule has 0 aliphatic carbocycles. The number of guanidine groups is 1. The van der Waals surface area contributed by atoms with Gasteiger partial charge in [0.1, 0.15) is 40.0 Å². The van der Waals surface area contributed by atoms with E-state index >= 15 is 0 Å². The van der Waals surface area contributed by atoms with E-state index in [-0.39, 0.29) is 17.3 Å². The van der Waals surface area contributed by atoms with Crippen molar-refractivity contribution in [3.63, 3.8) is 0 Å². The lowest BCUT2D eigenvalue weighted by atomic mass is 9.94. The molecule has 7 nitrogen and oxygen atoms in total. The Hall–Kier alpha value is -2.30. The van der Waals surface area contributed by atoms with Crippen molar-refractivity contribution in [2.24, 2.45) is 9.36 Å². The molecule has 1 N–H and O–H groups in total. The molecule has 0 saturated heterocycles. The first-order valence-corrected chi connectivity index (χ1v) is 10.6. The molecular weight excluding hydrogens is 409 g/mol. The number of aliphatic imine (C=N–C) groups is 1. The van der Waals surface area contributed by atoms with Crippen molar-refractivity contribution in [3.8, 4) is 0 Å². The van der Waals surface area contributed by atoms with E-state index < -0.39 is 52.0 Å². The van der Waals surface area contributed by atoms with Crippen LogP contribution in [-0.2, 0) is 20.2 Å². The first-order valence-electron chi connectivity index (χ1n) is 8.94. The number of nitrogens with zero attached hydrogens (tertiary/aromatic N) is 3. The Morgan fingerprint density at radius 2 is 1.97 bits per heavy atom. The molecule has 1 unspecified atom stereocenters. The van der Waals surface area contributed by atoms with Crippen LogP contribution >= 0.6 is 0 Å². The molecule has 11 heteroatoms. The van der Waals surface area contributed by atoms with Crippen molar-refractivity contribution < 1.29 is 26.9 Å². The molecule has 0 radical (unpaired) electrons. The lowest BCUT2D eigenvalue weighted by molar-refractivity contribution is -0.00108. The van der Waals surface area contributed by atoms with Gasteiger partial charge in [0.05, 0.1) is 5.75 Å². The van der Waals surface area contributed by atoms with Crippen LogP contribution in [0.2, 0.25) is 0 Å². The van der Waals surface area contributed by atoms with Gasteiger partial charge in [0, 0.05) is 5.56 Å². The zero-order chi connectivity index (χ0) is 21.7. The summed E-state index contributed by atoms with van der Waals surface area (Å²) in [5.41, 5.74) is -2.12. The van der Waals surface area contributed by atoms with Crippen LogP contribution in [0.25, 0.3) is 0 Å². The SMILES string of the molecule is CC(C)(C)OC(=O)NC1=N[C@](C)(c2ccccc2F)CS2(=O)=NCC(F)(F)CN12. The minimum absolute atomic E-state index is 0.124. The normalized spacial score (nSPS) is 28.7. The fourth-order valence-corrected chi connectivity index (χ4v) is 5.65. The number of carbonyl (C=O) groups is 1. The van der Waals surface area contributed by atoms with Gasteiger partial charge in [-0.15, -0.1) is 0 Å². The molecule has 1 aromatic rings. The molecule has 0 bridgehead atoms. The van der Waals surface area contributed by atoms with E-state index in [2.05, 4.69) is 14.7 Å². The van der Waals surface area contributed by atoms with Gasteiger partial charge in [-0.05, 0) is 33.8 Å². The minimum atomic E-state index is -3.40. The fraction of sp³-hybridized carbons (Fsp3) is 0.556. The molecule has 0 aromatic heterocycles. The molecule has 2 atom stereocenters. The Morgan fingerprint density at radius 1 is 1.31 bits per heavy atom. The van der Waals surface area contributed by atoms with Crippen molar-refractivity contribution >= 4 is 22.0 Å². The number of benzene rings is 1. The molecule has 0 saturated carbocycles. The van der Waals surface area contributed by atoms with Crippen LogP contribution in [0.5, 0.6) is 0 Å². The maximum atomic E-state index is 14.5. The highest BCUT2D eigenvalue weighted by Gasteiger charge is 2.49. The summed E-state index contributed by atoms with van der Waals surface area (Å²) in [6, 6.07) is 5.78. The predicted octanol–water partition coefficient (Wildman–Crippen LogP) is 3.27. The maximum Gasteiger partial charge on any atom is 0.414 e. The van der Waals surface area contributed by atoms with Crippen molar-refractivity contribution in [3.05, 3.63) is 35.6 Å². The number of alkyl carbamates (subject to hydrolysis) is 1. The summed E-state index contributed by atoms with van der Waals surface area (Å²) in [6.45, 7) is 4.56. The number of ether oxygens (including phenoxy) is 1. The van der Waals surface area contributed by atoms with Crippen molar-refractivity contribution in [2.75, 3.05) is 18.8 Å². The number of fused-ring (bicyclic) bond motifs is 1. The number of nitrogens with one attached hydrogen (secondary N) is 1. The third-order valence-corrected chi connectivity index (χ3v) is 6.80. The third kappa shape index (κ3) is 4.49. The van der Waals surface area contributed by atoms with Gasteiger partial charge in [0.2, 0.25) is 5.96 Å². The highest BCUT2D eigenvalue weighted by atomic mass is 32.2. The summed E-state index contributed by atoms with van der Waals surface area (Å²) in [5, 5.41) is 2.30.